The Bertz CT molecular complexity index is 288. The summed E-state index contributed by atoms with van der Waals surface area (Å²) >= 11 is 0. The maximum absolute atomic E-state index is 5.40. The van der Waals surface area contributed by atoms with Gasteiger partial charge in [0.25, 0.3) is 0 Å². The fourth-order valence-corrected chi connectivity index (χ4v) is 1.27. The quantitative estimate of drug-likeness (QED) is 0.742. The highest BCUT2D eigenvalue weighted by Gasteiger charge is 1.96. The van der Waals surface area contributed by atoms with E-state index < -0.39 is 0 Å². The zero-order valence-corrected chi connectivity index (χ0v) is 8.72. The van der Waals surface area contributed by atoms with Gasteiger partial charge in [0.1, 0.15) is 0 Å². The fraction of sp³-hybridized carbons (Fsp3) is 0.333. The van der Waals surface area contributed by atoms with Gasteiger partial charge in [-0.15, -0.1) is 0 Å². The predicted molar refractivity (Wildman–Crippen MR) is 61.9 cm³/mol. The first-order chi connectivity index (χ1) is 6.77. The molecule has 0 aromatic heterocycles. The van der Waals surface area contributed by atoms with E-state index in [1.54, 1.807) is 0 Å². The smallest absolute Gasteiger partial charge is 0.0341 e. The van der Waals surface area contributed by atoms with Gasteiger partial charge >= 0.3 is 0 Å². The third-order valence-corrected chi connectivity index (χ3v) is 2.19. The summed E-state index contributed by atoms with van der Waals surface area (Å²) < 4.78 is 0. The number of hydrogen-bond donors (Lipinski definition) is 2. The van der Waals surface area contributed by atoms with E-state index in [9.17, 15) is 0 Å². The Kier molecular flexibility index (Phi) is 4.20. The maximum Gasteiger partial charge on any atom is 0.0341 e. The van der Waals surface area contributed by atoms with Crippen molar-refractivity contribution in [2.24, 2.45) is 5.73 Å². The molecule has 0 spiro atoms. The van der Waals surface area contributed by atoms with Crippen LogP contribution in [0, 0.1) is 0 Å². The summed E-state index contributed by atoms with van der Waals surface area (Å²) in [6, 6.07) is 8.44. The van der Waals surface area contributed by atoms with E-state index in [2.05, 4.69) is 43.1 Å². The molecule has 0 radical (unpaired) electrons. The average molecular weight is 190 g/mol. The Labute approximate surface area is 85.8 Å². The van der Waals surface area contributed by atoms with Gasteiger partial charge in [-0.3, -0.25) is 0 Å². The molecule has 76 valence electrons. The highest BCUT2D eigenvalue weighted by molar-refractivity contribution is 5.61. The topological polar surface area (TPSA) is 38.0 Å². The summed E-state index contributed by atoms with van der Waals surface area (Å²) in [5, 5.41) is 3.17. The molecule has 0 atom stereocenters. The van der Waals surface area contributed by atoms with Gasteiger partial charge in [-0.1, -0.05) is 37.8 Å². The number of nitrogens with two attached hydrogens (primary N) is 1. The van der Waals surface area contributed by atoms with Crippen LogP contribution in [0.1, 0.15) is 18.1 Å². The molecule has 3 N–H and O–H groups in total. The van der Waals surface area contributed by atoms with Gasteiger partial charge in [0, 0.05) is 18.8 Å². The Hall–Kier alpha value is -1.28. The molecule has 1 aromatic carbocycles. The third kappa shape index (κ3) is 2.89. The standard InChI is InChI=1S/C12H18N2/c1-3-11-4-6-12(7-5-11)10(2)14-9-8-13/h4-7,14H,2-3,8-9,13H2,1H3. The lowest BCUT2D eigenvalue weighted by atomic mass is 10.1. The summed E-state index contributed by atoms with van der Waals surface area (Å²) in [4.78, 5) is 0. The van der Waals surface area contributed by atoms with Crippen molar-refractivity contribution in [3.8, 4) is 0 Å². The number of rotatable bonds is 5. The van der Waals surface area contributed by atoms with Crippen molar-refractivity contribution in [2.45, 2.75) is 13.3 Å². The van der Waals surface area contributed by atoms with Crippen LogP contribution in [0.2, 0.25) is 0 Å². The lowest BCUT2D eigenvalue weighted by molar-refractivity contribution is 0.859. The van der Waals surface area contributed by atoms with Crippen LogP contribution in [0.3, 0.4) is 0 Å². The fourth-order valence-electron chi connectivity index (χ4n) is 1.27. The minimum atomic E-state index is 0.631. The van der Waals surface area contributed by atoms with E-state index >= 15 is 0 Å². The Morgan fingerprint density at radius 2 is 2.00 bits per heavy atom. The van der Waals surface area contributed by atoms with Gasteiger partial charge in [-0.05, 0) is 17.5 Å². The van der Waals surface area contributed by atoms with Gasteiger partial charge in [-0.25, -0.2) is 0 Å². The minimum absolute atomic E-state index is 0.631. The SMILES string of the molecule is C=C(NCCN)c1ccc(CC)cc1. The Balaban J connectivity index is 2.62. The van der Waals surface area contributed by atoms with E-state index in [0.717, 1.165) is 24.2 Å². The lowest BCUT2D eigenvalue weighted by Crippen LogP contribution is -2.20. The van der Waals surface area contributed by atoms with Gasteiger partial charge in [-0.2, -0.15) is 0 Å². The molecule has 0 saturated heterocycles. The van der Waals surface area contributed by atoms with Gasteiger partial charge in [0.05, 0.1) is 0 Å². The first-order valence-electron chi connectivity index (χ1n) is 5.00. The van der Waals surface area contributed by atoms with Gasteiger partial charge in [0.15, 0.2) is 0 Å². The van der Waals surface area contributed by atoms with Crippen molar-refractivity contribution in [1.29, 1.82) is 0 Å². The van der Waals surface area contributed by atoms with E-state index in [-0.39, 0.29) is 0 Å². The molecule has 1 aromatic rings. The molecule has 0 saturated carbocycles. The van der Waals surface area contributed by atoms with Crippen molar-refractivity contribution >= 4 is 5.70 Å². The number of nitrogens with one attached hydrogen (secondary N) is 1. The number of benzene rings is 1. The molecule has 0 bridgehead atoms. The van der Waals surface area contributed by atoms with Crippen LogP contribution in [0.25, 0.3) is 5.70 Å². The summed E-state index contributed by atoms with van der Waals surface area (Å²) in [6.45, 7) is 7.50. The van der Waals surface area contributed by atoms with E-state index in [0.29, 0.717) is 6.54 Å². The number of hydrogen-bond acceptors (Lipinski definition) is 2. The largest absolute Gasteiger partial charge is 0.384 e. The average Bonchev–Trinajstić information content (AvgIpc) is 2.26. The zero-order valence-electron chi connectivity index (χ0n) is 8.72. The van der Waals surface area contributed by atoms with E-state index in [1.165, 1.54) is 5.56 Å². The second kappa shape index (κ2) is 5.45. The van der Waals surface area contributed by atoms with Gasteiger partial charge < -0.3 is 11.1 Å². The van der Waals surface area contributed by atoms with Crippen molar-refractivity contribution in [3.05, 3.63) is 42.0 Å². The van der Waals surface area contributed by atoms with Crippen molar-refractivity contribution in [3.63, 3.8) is 0 Å². The van der Waals surface area contributed by atoms with Crippen LogP contribution in [0.5, 0.6) is 0 Å². The lowest BCUT2D eigenvalue weighted by Gasteiger charge is -2.08. The molecule has 0 aliphatic carbocycles. The van der Waals surface area contributed by atoms with E-state index in [4.69, 9.17) is 5.73 Å². The molecule has 2 nitrogen and oxygen atoms in total. The third-order valence-electron chi connectivity index (χ3n) is 2.19. The second-order valence-corrected chi connectivity index (χ2v) is 3.24. The molecule has 1 rings (SSSR count). The zero-order chi connectivity index (χ0) is 10.4. The van der Waals surface area contributed by atoms with Crippen molar-refractivity contribution in [2.75, 3.05) is 13.1 Å². The first kappa shape index (κ1) is 10.8. The van der Waals surface area contributed by atoms with E-state index in [1.807, 2.05) is 0 Å². The van der Waals surface area contributed by atoms with Crippen molar-refractivity contribution in [1.82, 2.24) is 5.32 Å². The second-order valence-electron chi connectivity index (χ2n) is 3.24. The first-order valence-corrected chi connectivity index (χ1v) is 5.00. The van der Waals surface area contributed by atoms with Crippen LogP contribution in [-0.4, -0.2) is 13.1 Å². The molecule has 0 aliphatic heterocycles. The molecular formula is C12H18N2. The molecule has 0 amide bonds. The van der Waals surface area contributed by atoms with Crippen LogP contribution in [-0.2, 0) is 6.42 Å². The Morgan fingerprint density at radius 1 is 1.36 bits per heavy atom. The highest BCUT2D eigenvalue weighted by atomic mass is 14.9. The molecular weight excluding hydrogens is 172 g/mol. The molecule has 0 aliphatic rings. The molecule has 0 heterocycles. The number of aryl methyl sites for hydroxylation is 1. The molecule has 0 unspecified atom stereocenters. The normalized spacial score (nSPS) is 9.86. The van der Waals surface area contributed by atoms with Gasteiger partial charge in [0.2, 0.25) is 0 Å². The van der Waals surface area contributed by atoms with Crippen LogP contribution >= 0.6 is 0 Å². The van der Waals surface area contributed by atoms with Crippen LogP contribution < -0.4 is 11.1 Å². The Morgan fingerprint density at radius 3 is 2.50 bits per heavy atom. The summed E-state index contributed by atoms with van der Waals surface area (Å²) in [5.74, 6) is 0. The molecule has 14 heavy (non-hydrogen) atoms. The molecule has 0 fully saturated rings. The summed E-state index contributed by atoms with van der Waals surface area (Å²) in [5.41, 5.74) is 8.82. The summed E-state index contributed by atoms with van der Waals surface area (Å²) in [6.07, 6.45) is 1.07. The van der Waals surface area contributed by atoms with Crippen LogP contribution in [0.4, 0.5) is 0 Å². The predicted octanol–water partition coefficient (Wildman–Crippen LogP) is 1.77. The minimum Gasteiger partial charge on any atom is -0.384 e. The van der Waals surface area contributed by atoms with Crippen LogP contribution in [0.15, 0.2) is 30.8 Å². The summed E-state index contributed by atoms with van der Waals surface area (Å²) in [7, 11) is 0. The maximum atomic E-state index is 5.40. The van der Waals surface area contributed by atoms with Crippen molar-refractivity contribution < 1.29 is 0 Å². The monoisotopic (exact) mass is 190 g/mol. The highest BCUT2D eigenvalue weighted by Crippen LogP contribution is 2.10. The molecule has 2 heteroatoms.